The van der Waals surface area contributed by atoms with Gasteiger partial charge in [0, 0.05) is 23.5 Å². The van der Waals surface area contributed by atoms with E-state index in [9.17, 15) is 23.6 Å². The normalized spacial score (nSPS) is 20.0. The van der Waals surface area contributed by atoms with Crippen molar-refractivity contribution in [1.82, 2.24) is 29.2 Å². The van der Waals surface area contributed by atoms with Crippen molar-refractivity contribution in [3.63, 3.8) is 0 Å². The first-order valence-corrected chi connectivity index (χ1v) is 15.1. The maximum Gasteiger partial charge on any atom is 0.333 e. The smallest absolute Gasteiger partial charge is 0.333 e. The number of carbonyl (C=O) groups is 1. The van der Waals surface area contributed by atoms with Gasteiger partial charge in [-0.1, -0.05) is 18.2 Å². The van der Waals surface area contributed by atoms with Gasteiger partial charge in [0.15, 0.2) is 0 Å². The molecule has 0 spiro atoms. The zero-order valence-electron chi connectivity index (χ0n) is 22.7. The lowest BCUT2D eigenvalue weighted by atomic mass is 9.91. The fourth-order valence-corrected chi connectivity index (χ4v) is 7.28. The Morgan fingerprint density at radius 3 is 2.37 bits per heavy atom. The molecule has 6 rings (SSSR count). The van der Waals surface area contributed by atoms with Crippen LogP contribution in [0.15, 0.2) is 50.9 Å². The highest BCUT2D eigenvalue weighted by molar-refractivity contribution is 7.99. The number of aryl methyl sites for hydroxylation is 1. The number of fused-ring (bicyclic) bond motifs is 2. The van der Waals surface area contributed by atoms with E-state index < -0.39 is 17.1 Å². The van der Waals surface area contributed by atoms with Gasteiger partial charge >= 0.3 is 5.69 Å². The van der Waals surface area contributed by atoms with Crippen LogP contribution in [0.3, 0.4) is 0 Å². The van der Waals surface area contributed by atoms with E-state index in [2.05, 4.69) is 15.4 Å². The van der Waals surface area contributed by atoms with E-state index in [1.165, 1.54) is 15.3 Å². The van der Waals surface area contributed by atoms with Gasteiger partial charge in [-0.3, -0.25) is 23.5 Å². The summed E-state index contributed by atoms with van der Waals surface area (Å²) in [6.07, 6.45) is 4.73. The van der Waals surface area contributed by atoms with Crippen molar-refractivity contribution in [3.05, 3.63) is 79.2 Å². The topological polar surface area (TPSA) is 121 Å². The van der Waals surface area contributed by atoms with Crippen LogP contribution in [-0.4, -0.2) is 47.4 Å². The summed E-state index contributed by atoms with van der Waals surface area (Å²) in [6, 6.07) is 7.73. The fourth-order valence-electron chi connectivity index (χ4n) is 6.20. The number of nitrogens with zero attached hydrogens (tertiary/aromatic N) is 5. The van der Waals surface area contributed by atoms with Gasteiger partial charge < -0.3 is 5.32 Å². The summed E-state index contributed by atoms with van der Waals surface area (Å²) in [5, 5.41) is 8.70. The molecule has 1 aliphatic carbocycles. The third-order valence-electron chi connectivity index (χ3n) is 8.25. The summed E-state index contributed by atoms with van der Waals surface area (Å²) in [5.41, 5.74) is -0.337. The van der Waals surface area contributed by atoms with Gasteiger partial charge in [-0.05, 0) is 69.1 Å². The van der Waals surface area contributed by atoms with E-state index in [1.54, 1.807) is 23.6 Å². The molecule has 41 heavy (non-hydrogen) atoms. The molecule has 1 saturated heterocycles. The van der Waals surface area contributed by atoms with E-state index in [1.807, 2.05) is 23.9 Å². The van der Waals surface area contributed by atoms with Gasteiger partial charge in [0.05, 0.1) is 22.7 Å². The van der Waals surface area contributed by atoms with Gasteiger partial charge in [-0.15, -0.1) is 0 Å². The molecule has 0 bridgehead atoms. The first kappa shape index (κ1) is 27.4. The summed E-state index contributed by atoms with van der Waals surface area (Å²) in [7, 11) is 0. The van der Waals surface area contributed by atoms with Crippen LogP contribution in [0, 0.1) is 12.7 Å². The van der Waals surface area contributed by atoms with Gasteiger partial charge in [0.1, 0.15) is 18.0 Å². The summed E-state index contributed by atoms with van der Waals surface area (Å²) >= 11 is 1.83. The van der Waals surface area contributed by atoms with E-state index >= 15 is 0 Å². The average Bonchev–Trinajstić information content (AvgIpc) is 2.98. The molecular formula is C29H31FN6O4S. The van der Waals surface area contributed by atoms with Crippen molar-refractivity contribution < 1.29 is 9.18 Å². The average molecular weight is 579 g/mol. The zero-order valence-corrected chi connectivity index (χ0v) is 23.5. The van der Waals surface area contributed by atoms with Gasteiger partial charge in [0.2, 0.25) is 5.91 Å². The monoisotopic (exact) mass is 578 g/mol. The molecule has 1 N–H and O–H groups in total. The van der Waals surface area contributed by atoms with Crippen LogP contribution in [0.2, 0.25) is 0 Å². The number of amides is 1. The van der Waals surface area contributed by atoms with Crippen LogP contribution in [-0.2, 0) is 11.3 Å². The molecule has 1 amide bonds. The number of pyridine rings is 1. The third-order valence-corrected chi connectivity index (χ3v) is 9.30. The highest BCUT2D eigenvalue weighted by atomic mass is 32.2. The number of aromatic nitrogens is 5. The number of carbonyl (C=O) groups excluding carboxylic acids is 1. The predicted octanol–water partition coefficient (Wildman–Crippen LogP) is 3.08. The minimum absolute atomic E-state index is 0.0950. The number of hydrogen-bond acceptors (Lipinski definition) is 7. The van der Waals surface area contributed by atoms with E-state index in [0.717, 1.165) is 35.9 Å². The molecule has 2 aliphatic rings. The Bertz CT molecular complexity index is 1820. The lowest BCUT2D eigenvalue weighted by molar-refractivity contribution is -0.122. The van der Waals surface area contributed by atoms with E-state index in [4.69, 9.17) is 0 Å². The number of benzene rings is 1. The van der Waals surface area contributed by atoms with Crippen molar-refractivity contribution in [1.29, 1.82) is 0 Å². The Balaban J connectivity index is 1.20. The molecule has 4 aromatic rings. The maximum absolute atomic E-state index is 14.2. The number of thioether (sulfide) groups is 1. The Labute approximate surface area is 238 Å². The predicted molar refractivity (Wildman–Crippen MR) is 156 cm³/mol. The second-order valence-corrected chi connectivity index (χ2v) is 12.1. The number of nitrogens with one attached hydrogen (secondary N) is 1. The molecule has 2 fully saturated rings. The molecule has 0 atom stereocenters. The van der Waals surface area contributed by atoms with Crippen molar-refractivity contribution in [3.8, 4) is 0 Å². The molecule has 1 aromatic carbocycles. The number of hydrogen-bond donors (Lipinski definition) is 1. The molecule has 1 aliphatic heterocycles. The number of rotatable bonds is 5. The van der Waals surface area contributed by atoms with Crippen LogP contribution in [0.4, 0.5) is 4.39 Å². The standard InChI is InChI=1S/C29H31FN6O4S/c1-17-22-4-2-3-5-23(22)27(38)34(33-17)16-25(37)32-19-6-8-20(9-7-19)36-28(39)24-14-18(30)15-31-26(24)35(29(36)40)21-10-12-41-13-11-21/h2-5,14-15,19-21H,6-13,16H2,1H3,(H,32,37). The van der Waals surface area contributed by atoms with Crippen molar-refractivity contribution >= 4 is 39.5 Å². The SMILES string of the molecule is Cc1nn(CC(=O)NC2CCC(n3c(=O)c4cc(F)cnc4n(C4CCSCC4)c3=O)CC2)c(=O)c2ccccc12. The van der Waals surface area contributed by atoms with Crippen molar-refractivity contribution in [2.45, 2.75) is 70.1 Å². The molecule has 214 valence electrons. The number of halogens is 1. The molecule has 12 heteroatoms. The Kier molecular flexibility index (Phi) is 7.50. The van der Waals surface area contributed by atoms with Crippen molar-refractivity contribution in [2.24, 2.45) is 0 Å². The Hall–Kier alpha value is -3.80. The largest absolute Gasteiger partial charge is 0.352 e. The van der Waals surface area contributed by atoms with Gasteiger partial charge in [0.25, 0.3) is 11.1 Å². The zero-order chi connectivity index (χ0) is 28.7. The molecule has 4 heterocycles. The summed E-state index contributed by atoms with van der Waals surface area (Å²) in [6.45, 7) is 1.61. The van der Waals surface area contributed by atoms with E-state index in [-0.39, 0.29) is 47.2 Å². The van der Waals surface area contributed by atoms with Crippen molar-refractivity contribution in [2.75, 3.05) is 11.5 Å². The van der Waals surface area contributed by atoms with Crippen LogP contribution < -0.4 is 22.1 Å². The van der Waals surface area contributed by atoms with Crippen LogP contribution in [0.1, 0.15) is 56.3 Å². The molecule has 3 aromatic heterocycles. The van der Waals surface area contributed by atoms with Gasteiger partial charge in [-0.25, -0.2) is 18.9 Å². The summed E-state index contributed by atoms with van der Waals surface area (Å²) in [5.74, 6) is 0.876. The molecular weight excluding hydrogens is 547 g/mol. The second-order valence-electron chi connectivity index (χ2n) is 10.9. The van der Waals surface area contributed by atoms with E-state index in [0.29, 0.717) is 36.8 Å². The quantitative estimate of drug-likeness (QED) is 0.386. The molecule has 1 saturated carbocycles. The van der Waals surface area contributed by atoms with Crippen LogP contribution >= 0.6 is 11.8 Å². The second kappa shape index (κ2) is 11.2. The minimum atomic E-state index is -0.618. The first-order valence-electron chi connectivity index (χ1n) is 14.0. The third kappa shape index (κ3) is 5.20. The molecule has 0 unspecified atom stereocenters. The Morgan fingerprint density at radius 2 is 1.63 bits per heavy atom. The van der Waals surface area contributed by atoms with Crippen LogP contribution in [0.5, 0.6) is 0 Å². The van der Waals surface area contributed by atoms with Gasteiger partial charge in [-0.2, -0.15) is 16.9 Å². The Morgan fingerprint density at radius 1 is 0.951 bits per heavy atom. The lowest BCUT2D eigenvalue weighted by Crippen LogP contribution is -2.47. The lowest BCUT2D eigenvalue weighted by Gasteiger charge is -2.31. The first-order chi connectivity index (χ1) is 19.8. The molecule has 10 nitrogen and oxygen atoms in total. The summed E-state index contributed by atoms with van der Waals surface area (Å²) in [4.78, 5) is 57.2. The highest BCUT2D eigenvalue weighted by Crippen LogP contribution is 2.30. The molecule has 0 radical (unpaired) electrons. The summed E-state index contributed by atoms with van der Waals surface area (Å²) < 4.78 is 18.2. The fraction of sp³-hybridized carbons (Fsp3) is 0.448. The minimum Gasteiger partial charge on any atom is -0.352 e. The van der Waals surface area contributed by atoms with Crippen LogP contribution in [0.25, 0.3) is 21.8 Å². The maximum atomic E-state index is 14.2. The highest BCUT2D eigenvalue weighted by Gasteiger charge is 2.30.